The standard InChI is InChI=1S/C15H12F3N3O3/c1-7-19-10-6-8(15(16,17)18)2-3-9(10)14(24)21(7)11-4-5-12(22)20-13(11)23/h2-3,6,11H,4-5H2,1H3,(H,20,22,23). The molecule has 0 saturated carbocycles. The predicted octanol–water partition coefficient (Wildman–Crippen LogP) is 1.70. The van der Waals surface area contributed by atoms with Gasteiger partial charge in [-0.25, -0.2) is 4.98 Å². The van der Waals surface area contributed by atoms with Gasteiger partial charge in [-0.1, -0.05) is 0 Å². The molecule has 0 spiro atoms. The normalized spacial score (nSPS) is 18.8. The van der Waals surface area contributed by atoms with Crippen LogP contribution in [0.25, 0.3) is 10.9 Å². The predicted molar refractivity (Wildman–Crippen MR) is 77.2 cm³/mol. The van der Waals surface area contributed by atoms with Crippen LogP contribution in [0.15, 0.2) is 23.0 Å². The quantitative estimate of drug-likeness (QED) is 0.802. The number of fused-ring (bicyclic) bond motifs is 1. The minimum Gasteiger partial charge on any atom is -0.295 e. The molecule has 9 heteroatoms. The highest BCUT2D eigenvalue weighted by molar-refractivity contribution is 5.99. The number of hydrogen-bond acceptors (Lipinski definition) is 4. The summed E-state index contributed by atoms with van der Waals surface area (Å²) in [6.45, 7) is 1.44. The summed E-state index contributed by atoms with van der Waals surface area (Å²) < 4.78 is 39.5. The highest BCUT2D eigenvalue weighted by atomic mass is 19.4. The molecular formula is C15H12F3N3O3. The van der Waals surface area contributed by atoms with Crippen molar-refractivity contribution >= 4 is 22.7 Å². The zero-order valence-electron chi connectivity index (χ0n) is 12.5. The Morgan fingerprint density at radius 3 is 2.58 bits per heavy atom. The van der Waals surface area contributed by atoms with Gasteiger partial charge in [0.1, 0.15) is 11.9 Å². The fraction of sp³-hybridized carbons (Fsp3) is 0.333. The molecule has 1 aromatic carbocycles. The molecule has 1 saturated heterocycles. The van der Waals surface area contributed by atoms with Crippen LogP contribution < -0.4 is 10.9 Å². The third-order valence-electron chi connectivity index (χ3n) is 3.93. The van der Waals surface area contributed by atoms with E-state index in [4.69, 9.17) is 0 Å². The Bertz CT molecular complexity index is 918. The van der Waals surface area contributed by atoms with Crippen LogP contribution in [0.3, 0.4) is 0 Å². The number of rotatable bonds is 1. The number of nitrogens with one attached hydrogen (secondary N) is 1. The summed E-state index contributed by atoms with van der Waals surface area (Å²) in [4.78, 5) is 39.8. The van der Waals surface area contributed by atoms with Crippen molar-refractivity contribution in [1.82, 2.24) is 14.9 Å². The van der Waals surface area contributed by atoms with E-state index in [0.717, 1.165) is 22.8 Å². The first kappa shape index (κ1) is 16.2. The highest BCUT2D eigenvalue weighted by Gasteiger charge is 2.32. The molecule has 2 amide bonds. The summed E-state index contributed by atoms with van der Waals surface area (Å²) in [6.07, 6.45) is -4.32. The van der Waals surface area contributed by atoms with Crippen molar-refractivity contribution in [3.05, 3.63) is 39.9 Å². The molecule has 0 aliphatic carbocycles. The first-order valence-corrected chi connectivity index (χ1v) is 7.12. The minimum absolute atomic E-state index is 0.0155. The zero-order valence-corrected chi connectivity index (χ0v) is 12.5. The minimum atomic E-state index is -4.54. The van der Waals surface area contributed by atoms with Gasteiger partial charge in [0.25, 0.3) is 5.56 Å². The number of imide groups is 1. The molecule has 1 aliphatic rings. The largest absolute Gasteiger partial charge is 0.416 e. The maximum Gasteiger partial charge on any atom is 0.416 e. The van der Waals surface area contributed by atoms with E-state index < -0.39 is 35.2 Å². The maximum absolute atomic E-state index is 12.8. The molecule has 6 nitrogen and oxygen atoms in total. The number of aryl methyl sites for hydroxylation is 1. The van der Waals surface area contributed by atoms with Crippen molar-refractivity contribution in [2.75, 3.05) is 0 Å². The van der Waals surface area contributed by atoms with Gasteiger partial charge in [-0.15, -0.1) is 0 Å². The lowest BCUT2D eigenvalue weighted by atomic mass is 10.0. The van der Waals surface area contributed by atoms with E-state index in [1.807, 2.05) is 0 Å². The number of amides is 2. The van der Waals surface area contributed by atoms with E-state index in [1.54, 1.807) is 0 Å². The first-order chi connectivity index (χ1) is 11.2. The molecule has 0 radical (unpaired) electrons. The van der Waals surface area contributed by atoms with Crippen molar-refractivity contribution in [3.8, 4) is 0 Å². The topological polar surface area (TPSA) is 81.1 Å². The molecule has 1 N–H and O–H groups in total. The molecule has 3 rings (SSSR count). The van der Waals surface area contributed by atoms with E-state index in [-0.39, 0.29) is 29.6 Å². The second-order valence-corrected chi connectivity index (χ2v) is 5.53. The Morgan fingerprint density at radius 2 is 1.96 bits per heavy atom. The Labute approximate surface area is 133 Å². The summed E-state index contributed by atoms with van der Waals surface area (Å²) in [5, 5.41) is 2.13. The van der Waals surface area contributed by atoms with Gasteiger partial charge in [0.05, 0.1) is 16.5 Å². The molecule has 1 fully saturated rings. The number of piperidine rings is 1. The van der Waals surface area contributed by atoms with Gasteiger partial charge in [-0.3, -0.25) is 24.3 Å². The van der Waals surface area contributed by atoms with E-state index in [0.29, 0.717) is 0 Å². The summed E-state index contributed by atoms with van der Waals surface area (Å²) in [5.41, 5.74) is -1.60. The summed E-state index contributed by atoms with van der Waals surface area (Å²) >= 11 is 0. The Hall–Kier alpha value is -2.71. The van der Waals surface area contributed by atoms with Crippen LogP contribution in [0.4, 0.5) is 13.2 Å². The lowest BCUT2D eigenvalue weighted by Crippen LogP contribution is -2.45. The van der Waals surface area contributed by atoms with Crippen molar-refractivity contribution < 1.29 is 22.8 Å². The number of alkyl halides is 3. The molecule has 1 aromatic heterocycles. The fourth-order valence-electron chi connectivity index (χ4n) is 2.78. The van der Waals surface area contributed by atoms with Gasteiger partial charge in [0.15, 0.2) is 0 Å². The van der Waals surface area contributed by atoms with E-state index in [1.165, 1.54) is 6.92 Å². The molecule has 126 valence electrons. The second-order valence-electron chi connectivity index (χ2n) is 5.53. The van der Waals surface area contributed by atoms with Crippen molar-refractivity contribution in [2.45, 2.75) is 32.0 Å². The first-order valence-electron chi connectivity index (χ1n) is 7.12. The number of nitrogens with zero attached hydrogens (tertiary/aromatic N) is 2. The Kier molecular flexibility index (Phi) is 3.66. The third kappa shape index (κ3) is 2.66. The van der Waals surface area contributed by atoms with E-state index >= 15 is 0 Å². The third-order valence-corrected chi connectivity index (χ3v) is 3.93. The van der Waals surface area contributed by atoms with Crippen molar-refractivity contribution in [3.63, 3.8) is 0 Å². The smallest absolute Gasteiger partial charge is 0.295 e. The van der Waals surface area contributed by atoms with Crippen LogP contribution in [0, 0.1) is 6.92 Å². The molecule has 0 bridgehead atoms. The van der Waals surface area contributed by atoms with Gasteiger partial charge in [0, 0.05) is 6.42 Å². The molecule has 1 atom stereocenters. The van der Waals surface area contributed by atoms with Crippen LogP contribution in [0.1, 0.15) is 30.3 Å². The number of benzene rings is 1. The number of hydrogen-bond donors (Lipinski definition) is 1. The summed E-state index contributed by atoms with van der Waals surface area (Å²) in [7, 11) is 0. The van der Waals surface area contributed by atoms with Crippen molar-refractivity contribution in [2.24, 2.45) is 0 Å². The van der Waals surface area contributed by atoms with Crippen LogP contribution in [0.5, 0.6) is 0 Å². The van der Waals surface area contributed by atoms with Gasteiger partial charge in [-0.2, -0.15) is 13.2 Å². The number of carbonyl (C=O) groups is 2. The maximum atomic E-state index is 12.8. The molecule has 2 aromatic rings. The molecule has 1 unspecified atom stereocenters. The van der Waals surface area contributed by atoms with Crippen LogP contribution in [-0.2, 0) is 15.8 Å². The Morgan fingerprint density at radius 1 is 1.25 bits per heavy atom. The van der Waals surface area contributed by atoms with Gasteiger partial charge >= 0.3 is 6.18 Å². The number of halogens is 3. The Balaban J connectivity index is 2.16. The molecular weight excluding hydrogens is 327 g/mol. The SMILES string of the molecule is Cc1nc2cc(C(F)(F)F)ccc2c(=O)n1C1CCC(=O)NC1=O. The lowest BCUT2D eigenvalue weighted by molar-refractivity contribution is -0.138. The number of carbonyl (C=O) groups excluding carboxylic acids is 2. The van der Waals surface area contributed by atoms with E-state index in [9.17, 15) is 27.6 Å². The summed E-state index contributed by atoms with van der Waals surface area (Å²) in [5.74, 6) is -0.934. The van der Waals surface area contributed by atoms with Gasteiger partial charge in [-0.05, 0) is 31.5 Å². The fourth-order valence-corrected chi connectivity index (χ4v) is 2.78. The average Bonchev–Trinajstić information content (AvgIpc) is 2.47. The zero-order chi connectivity index (χ0) is 17.6. The second kappa shape index (κ2) is 5.43. The highest BCUT2D eigenvalue weighted by Crippen LogP contribution is 2.30. The molecule has 2 heterocycles. The van der Waals surface area contributed by atoms with Crippen LogP contribution >= 0.6 is 0 Å². The van der Waals surface area contributed by atoms with E-state index in [2.05, 4.69) is 10.3 Å². The average molecular weight is 339 g/mol. The summed E-state index contributed by atoms with van der Waals surface area (Å²) in [6, 6.07) is 1.75. The molecule has 24 heavy (non-hydrogen) atoms. The van der Waals surface area contributed by atoms with Crippen LogP contribution in [0.2, 0.25) is 0 Å². The van der Waals surface area contributed by atoms with Crippen LogP contribution in [-0.4, -0.2) is 21.4 Å². The van der Waals surface area contributed by atoms with Gasteiger partial charge < -0.3 is 0 Å². The van der Waals surface area contributed by atoms with Gasteiger partial charge in [0.2, 0.25) is 11.8 Å². The lowest BCUT2D eigenvalue weighted by Gasteiger charge is -2.24. The molecule has 1 aliphatic heterocycles. The monoisotopic (exact) mass is 339 g/mol. The number of aromatic nitrogens is 2. The van der Waals surface area contributed by atoms with Crippen molar-refractivity contribution in [1.29, 1.82) is 0 Å².